The van der Waals surface area contributed by atoms with Gasteiger partial charge in [-0.05, 0) is 12.8 Å². The molecule has 0 spiro atoms. The minimum absolute atomic E-state index is 0.218. The number of rotatable bonds is 3. The van der Waals surface area contributed by atoms with Crippen LogP contribution in [0.3, 0.4) is 0 Å². The van der Waals surface area contributed by atoms with Crippen LogP contribution in [0.4, 0.5) is 0 Å². The molecule has 0 aromatic heterocycles. The lowest BCUT2D eigenvalue weighted by atomic mass is 10.1. The highest BCUT2D eigenvalue weighted by Crippen LogP contribution is 2.17. The molecule has 0 amide bonds. The predicted octanol–water partition coefficient (Wildman–Crippen LogP) is 0.00100. The van der Waals surface area contributed by atoms with Crippen LogP contribution in [0.5, 0.6) is 0 Å². The van der Waals surface area contributed by atoms with Crippen molar-refractivity contribution in [2.75, 3.05) is 6.61 Å². The Balaban J connectivity index is 2.28. The minimum Gasteiger partial charge on any atom is -0.481 e. The summed E-state index contributed by atoms with van der Waals surface area (Å²) >= 11 is 0. The zero-order valence-electron chi connectivity index (χ0n) is 6.19. The molecule has 1 fully saturated rings. The van der Waals surface area contributed by atoms with Gasteiger partial charge in [-0.3, -0.25) is 4.79 Å². The second-order valence-corrected chi connectivity index (χ2v) is 2.72. The average molecular weight is 160 g/mol. The van der Waals surface area contributed by atoms with Gasteiger partial charge in [0.05, 0.1) is 18.6 Å². The lowest BCUT2D eigenvalue weighted by molar-refractivity contribution is -0.141. The van der Waals surface area contributed by atoms with Gasteiger partial charge in [-0.1, -0.05) is 0 Å². The van der Waals surface area contributed by atoms with Crippen LogP contribution in [-0.2, 0) is 9.53 Å². The monoisotopic (exact) mass is 160 g/mol. The van der Waals surface area contributed by atoms with Gasteiger partial charge in [0.15, 0.2) is 0 Å². The summed E-state index contributed by atoms with van der Waals surface area (Å²) in [6, 6.07) is 0. The van der Waals surface area contributed by atoms with Crippen LogP contribution in [0, 0.1) is 0 Å². The Kier molecular flexibility index (Phi) is 2.84. The fraction of sp³-hybridized carbons (Fsp3) is 0.857. The van der Waals surface area contributed by atoms with E-state index in [4.69, 9.17) is 9.84 Å². The molecule has 1 aliphatic rings. The molecule has 4 nitrogen and oxygen atoms in total. The summed E-state index contributed by atoms with van der Waals surface area (Å²) < 4.78 is 5.10. The molecule has 2 N–H and O–H groups in total. The van der Waals surface area contributed by atoms with E-state index in [-0.39, 0.29) is 12.5 Å². The normalized spacial score (nSPS) is 26.8. The van der Waals surface area contributed by atoms with Gasteiger partial charge < -0.3 is 14.9 Å². The number of aliphatic carboxylic acids is 1. The first kappa shape index (κ1) is 8.49. The Morgan fingerprint density at radius 3 is 2.91 bits per heavy atom. The fourth-order valence-electron chi connectivity index (χ4n) is 1.22. The van der Waals surface area contributed by atoms with Gasteiger partial charge in [0.2, 0.25) is 0 Å². The summed E-state index contributed by atoms with van der Waals surface area (Å²) in [5, 5.41) is 17.5. The molecule has 4 heteroatoms. The van der Waals surface area contributed by atoms with Crippen LogP contribution in [-0.4, -0.2) is 35.0 Å². The lowest BCUT2D eigenvalue weighted by Crippen LogP contribution is -2.27. The number of hydrogen-bond acceptors (Lipinski definition) is 3. The van der Waals surface area contributed by atoms with E-state index in [1.54, 1.807) is 0 Å². The summed E-state index contributed by atoms with van der Waals surface area (Å²) in [4.78, 5) is 10.2. The number of aliphatic hydroxyl groups is 1. The first-order valence-electron chi connectivity index (χ1n) is 3.71. The zero-order chi connectivity index (χ0) is 8.27. The molecular formula is C7H12O4. The number of aliphatic hydroxyl groups excluding tert-OH is 1. The molecule has 0 aromatic rings. The van der Waals surface area contributed by atoms with E-state index in [9.17, 15) is 9.90 Å². The minimum atomic E-state index is -0.979. The Labute approximate surface area is 64.8 Å². The van der Waals surface area contributed by atoms with Crippen LogP contribution in [0.2, 0.25) is 0 Å². The number of carbonyl (C=O) groups is 1. The maximum Gasteiger partial charge on any atom is 0.306 e. The Morgan fingerprint density at radius 2 is 2.45 bits per heavy atom. The lowest BCUT2D eigenvalue weighted by Gasteiger charge is -2.14. The first-order chi connectivity index (χ1) is 5.20. The number of ether oxygens (including phenoxy) is 1. The first-order valence-corrected chi connectivity index (χ1v) is 3.71. The van der Waals surface area contributed by atoms with Crippen molar-refractivity contribution < 1.29 is 19.7 Å². The second-order valence-electron chi connectivity index (χ2n) is 2.72. The summed E-state index contributed by atoms with van der Waals surface area (Å²) in [7, 11) is 0. The summed E-state index contributed by atoms with van der Waals surface area (Å²) in [5.74, 6) is -0.979. The highest BCUT2D eigenvalue weighted by atomic mass is 16.5. The summed E-state index contributed by atoms with van der Waals surface area (Å²) in [6.45, 7) is 0.640. The van der Waals surface area contributed by atoms with Gasteiger partial charge in [-0.25, -0.2) is 0 Å². The molecular weight excluding hydrogens is 148 g/mol. The van der Waals surface area contributed by atoms with Gasteiger partial charge in [0.1, 0.15) is 0 Å². The van der Waals surface area contributed by atoms with Crippen LogP contribution >= 0.6 is 0 Å². The number of hydrogen-bond donors (Lipinski definition) is 2. The van der Waals surface area contributed by atoms with E-state index in [0.29, 0.717) is 6.61 Å². The predicted molar refractivity (Wildman–Crippen MR) is 37.2 cm³/mol. The number of carboxylic acids is 1. The number of carboxylic acid groups (broad SMARTS) is 1. The third-order valence-electron chi connectivity index (χ3n) is 1.78. The van der Waals surface area contributed by atoms with Crippen molar-refractivity contribution in [2.24, 2.45) is 0 Å². The van der Waals surface area contributed by atoms with Crippen LogP contribution < -0.4 is 0 Å². The molecule has 1 heterocycles. The molecule has 0 saturated carbocycles. The van der Waals surface area contributed by atoms with Crippen molar-refractivity contribution in [3.05, 3.63) is 0 Å². The van der Waals surface area contributed by atoms with E-state index in [1.165, 1.54) is 0 Å². The van der Waals surface area contributed by atoms with E-state index < -0.39 is 12.1 Å². The average Bonchev–Trinajstić information content (AvgIpc) is 2.35. The highest BCUT2D eigenvalue weighted by Gasteiger charge is 2.25. The summed E-state index contributed by atoms with van der Waals surface area (Å²) in [6.07, 6.45) is 0.376. The van der Waals surface area contributed by atoms with Gasteiger partial charge in [-0.15, -0.1) is 0 Å². The molecule has 1 saturated heterocycles. The molecule has 0 aliphatic carbocycles. The van der Waals surface area contributed by atoms with E-state index in [1.807, 2.05) is 0 Å². The third kappa shape index (κ3) is 2.48. The molecule has 11 heavy (non-hydrogen) atoms. The topological polar surface area (TPSA) is 66.8 Å². The van der Waals surface area contributed by atoms with Crippen molar-refractivity contribution in [3.63, 3.8) is 0 Å². The van der Waals surface area contributed by atoms with E-state index >= 15 is 0 Å². The van der Waals surface area contributed by atoms with Crippen LogP contribution in [0.25, 0.3) is 0 Å². The third-order valence-corrected chi connectivity index (χ3v) is 1.78. The molecule has 2 atom stereocenters. The quantitative estimate of drug-likeness (QED) is 0.610. The highest BCUT2D eigenvalue weighted by molar-refractivity contribution is 5.67. The Morgan fingerprint density at radius 1 is 1.73 bits per heavy atom. The smallest absolute Gasteiger partial charge is 0.306 e. The van der Waals surface area contributed by atoms with Crippen molar-refractivity contribution in [2.45, 2.75) is 31.5 Å². The summed E-state index contributed by atoms with van der Waals surface area (Å²) in [5.41, 5.74) is 0. The van der Waals surface area contributed by atoms with Crippen molar-refractivity contribution in [1.82, 2.24) is 0 Å². The Hall–Kier alpha value is -0.610. The molecule has 1 rings (SSSR count). The van der Waals surface area contributed by atoms with Crippen molar-refractivity contribution >= 4 is 5.97 Å². The van der Waals surface area contributed by atoms with Crippen LogP contribution in [0.1, 0.15) is 19.3 Å². The molecule has 2 unspecified atom stereocenters. The maximum absolute atomic E-state index is 10.2. The van der Waals surface area contributed by atoms with E-state index in [2.05, 4.69) is 0 Å². The van der Waals surface area contributed by atoms with Gasteiger partial charge >= 0.3 is 5.97 Å². The van der Waals surface area contributed by atoms with Crippen LogP contribution in [0.15, 0.2) is 0 Å². The van der Waals surface area contributed by atoms with Gasteiger partial charge in [0.25, 0.3) is 0 Å². The molecule has 0 bridgehead atoms. The largest absolute Gasteiger partial charge is 0.481 e. The molecule has 0 aromatic carbocycles. The van der Waals surface area contributed by atoms with Gasteiger partial charge in [0, 0.05) is 6.61 Å². The van der Waals surface area contributed by atoms with Gasteiger partial charge in [-0.2, -0.15) is 0 Å². The van der Waals surface area contributed by atoms with E-state index in [0.717, 1.165) is 12.8 Å². The zero-order valence-corrected chi connectivity index (χ0v) is 6.19. The SMILES string of the molecule is O=C(O)CC(O)C1CCCO1. The molecule has 64 valence electrons. The Bertz CT molecular complexity index is 139. The van der Waals surface area contributed by atoms with Crippen molar-refractivity contribution in [1.29, 1.82) is 0 Å². The second kappa shape index (κ2) is 3.69. The fourth-order valence-corrected chi connectivity index (χ4v) is 1.22. The molecule has 0 radical (unpaired) electrons. The molecule has 1 aliphatic heterocycles. The maximum atomic E-state index is 10.2. The van der Waals surface area contributed by atoms with Crippen molar-refractivity contribution in [3.8, 4) is 0 Å². The standard InChI is InChI=1S/C7H12O4/c8-5(4-7(9)10)6-2-1-3-11-6/h5-6,8H,1-4H2,(H,9,10).